The molecular formula is C28H29Cl3N2O2. The molecule has 0 aliphatic rings. The zero-order valence-corrected chi connectivity index (χ0v) is 22.1. The molecule has 0 unspecified atom stereocenters. The molecule has 0 aliphatic carbocycles. The van der Waals surface area contributed by atoms with E-state index in [9.17, 15) is 9.59 Å². The molecule has 0 saturated carbocycles. The van der Waals surface area contributed by atoms with E-state index in [1.807, 2.05) is 56.3 Å². The van der Waals surface area contributed by atoms with Crippen LogP contribution in [-0.4, -0.2) is 29.3 Å². The number of rotatable bonds is 10. The Labute approximate surface area is 222 Å². The van der Waals surface area contributed by atoms with Gasteiger partial charge in [0.25, 0.3) is 0 Å². The molecule has 2 amide bonds. The van der Waals surface area contributed by atoms with Gasteiger partial charge in [-0.05, 0) is 46.9 Å². The topological polar surface area (TPSA) is 49.4 Å². The van der Waals surface area contributed by atoms with E-state index in [0.29, 0.717) is 33.6 Å². The van der Waals surface area contributed by atoms with Gasteiger partial charge in [-0.1, -0.05) is 97.2 Å². The summed E-state index contributed by atoms with van der Waals surface area (Å²) in [5.41, 5.74) is 2.50. The second kappa shape index (κ2) is 13.0. The second-order valence-electron chi connectivity index (χ2n) is 8.91. The first-order valence-electron chi connectivity index (χ1n) is 11.5. The minimum Gasteiger partial charge on any atom is -0.354 e. The van der Waals surface area contributed by atoms with Gasteiger partial charge >= 0.3 is 0 Å². The van der Waals surface area contributed by atoms with Crippen LogP contribution in [0.15, 0.2) is 72.8 Å². The van der Waals surface area contributed by atoms with Gasteiger partial charge in [0.1, 0.15) is 6.04 Å². The average molecular weight is 532 g/mol. The van der Waals surface area contributed by atoms with E-state index < -0.39 is 6.04 Å². The highest BCUT2D eigenvalue weighted by Crippen LogP contribution is 2.24. The van der Waals surface area contributed by atoms with E-state index >= 15 is 0 Å². The minimum atomic E-state index is -0.703. The number of amides is 2. The Morgan fingerprint density at radius 2 is 1.51 bits per heavy atom. The Bertz CT molecular complexity index is 1130. The highest BCUT2D eigenvalue weighted by molar-refractivity contribution is 6.35. The monoisotopic (exact) mass is 530 g/mol. The van der Waals surface area contributed by atoms with Crippen molar-refractivity contribution in [2.24, 2.45) is 5.92 Å². The molecule has 7 heteroatoms. The maximum absolute atomic E-state index is 13.7. The molecule has 1 N–H and O–H groups in total. The molecule has 3 aromatic carbocycles. The quantitative estimate of drug-likeness (QED) is 0.320. The van der Waals surface area contributed by atoms with E-state index in [0.717, 1.165) is 11.1 Å². The highest BCUT2D eigenvalue weighted by Gasteiger charge is 2.30. The lowest BCUT2D eigenvalue weighted by molar-refractivity contribution is -0.140. The fourth-order valence-corrected chi connectivity index (χ4v) is 4.29. The molecule has 0 spiro atoms. The molecule has 0 heterocycles. The molecule has 1 atom stereocenters. The van der Waals surface area contributed by atoms with Gasteiger partial charge in [0.05, 0.1) is 6.42 Å². The van der Waals surface area contributed by atoms with Crippen LogP contribution < -0.4 is 5.32 Å². The first-order chi connectivity index (χ1) is 16.7. The Morgan fingerprint density at radius 3 is 2.14 bits per heavy atom. The van der Waals surface area contributed by atoms with Crippen molar-refractivity contribution in [3.63, 3.8) is 0 Å². The molecule has 0 fully saturated rings. The molecule has 0 radical (unpaired) electrons. The summed E-state index contributed by atoms with van der Waals surface area (Å²) >= 11 is 18.5. The summed E-state index contributed by atoms with van der Waals surface area (Å²) in [6.45, 7) is 4.85. The van der Waals surface area contributed by atoms with Crippen molar-refractivity contribution in [3.05, 3.63) is 105 Å². The van der Waals surface area contributed by atoms with E-state index in [1.54, 1.807) is 35.2 Å². The van der Waals surface area contributed by atoms with Crippen molar-refractivity contribution in [3.8, 4) is 0 Å². The van der Waals surface area contributed by atoms with Gasteiger partial charge in [0.15, 0.2) is 0 Å². The fourth-order valence-electron chi connectivity index (χ4n) is 3.69. The number of carbonyl (C=O) groups is 2. The van der Waals surface area contributed by atoms with E-state index in [-0.39, 0.29) is 30.7 Å². The van der Waals surface area contributed by atoms with Crippen LogP contribution in [0.25, 0.3) is 0 Å². The van der Waals surface area contributed by atoms with Crippen LogP contribution in [-0.2, 0) is 29.0 Å². The predicted molar refractivity (Wildman–Crippen MR) is 144 cm³/mol. The summed E-state index contributed by atoms with van der Waals surface area (Å²) in [7, 11) is 0. The van der Waals surface area contributed by atoms with Gasteiger partial charge < -0.3 is 10.2 Å². The number of hydrogen-bond donors (Lipinski definition) is 1. The van der Waals surface area contributed by atoms with E-state index in [1.165, 1.54) is 0 Å². The zero-order chi connectivity index (χ0) is 25.4. The minimum absolute atomic E-state index is 0.0480. The fraction of sp³-hybridized carbons (Fsp3) is 0.286. The Hall–Kier alpha value is -2.53. The first kappa shape index (κ1) is 27.1. The predicted octanol–water partition coefficient (Wildman–Crippen LogP) is 6.60. The lowest BCUT2D eigenvalue weighted by Crippen LogP contribution is -2.51. The van der Waals surface area contributed by atoms with Crippen LogP contribution in [0.1, 0.15) is 30.5 Å². The molecule has 184 valence electrons. The number of carbonyl (C=O) groups excluding carboxylic acids is 2. The summed E-state index contributed by atoms with van der Waals surface area (Å²) in [5.74, 6) is -0.110. The Balaban J connectivity index is 1.96. The molecule has 0 aliphatic heterocycles. The van der Waals surface area contributed by atoms with E-state index in [4.69, 9.17) is 34.8 Å². The molecule has 0 bridgehead atoms. The molecule has 4 nitrogen and oxygen atoms in total. The lowest BCUT2D eigenvalue weighted by Gasteiger charge is -2.32. The van der Waals surface area contributed by atoms with Gasteiger partial charge in [-0.3, -0.25) is 9.59 Å². The third-order valence-corrected chi connectivity index (χ3v) is 6.42. The summed E-state index contributed by atoms with van der Waals surface area (Å²) in [4.78, 5) is 28.8. The summed E-state index contributed by atoms with van der Waals surface area (Å²) < 4.78 is 0. The average Bonchev–Trinajstić information content (AvgIpc) is 2.83. The van der Waals surface area contributed by atoms with Crippen LogP contribution in [0.5, 0.6) is 0 Å². The molecule has 0 saturated heterocycles. The number of halogens is 3. The standard InChI is InChI=1S/C28H29Cl3N2O2/c1-19(2)17-32-28(35)26(14-20-6-4-3-5-7-20)33(18-21-8-11-23(29)12-9-21)27(34)15-22-10-13-24(30)16-25(22)31/h3-13,16,19,26H,14-15,17-18H2,1-2H3,(H,32,35)/t26-/m1/s1. The largest absolute Gasteiger partial charge is 0.354 e. The van der Waals surface area contributed by atoms with Crippen LogP contribution in [0.2, 0.25) is 15.1 Å². The van der Waals surface area contributed by atoms with Crippen molar-refractivity contribution < 1.29 is 9.59 Å². The smallest absolute Gasteiger partial charge is 0.243 e. The van der Waals surface area contributed by atoms with Crippen molar-refractivity contribution in [2.75, 3.05) is 6.54 Å². The normalized spacial score (nSPS) is 11.8. The maximum atomic E-state index is 13.7. The van der Waals surface area contributed by atoms with Crippen molar-refractivity contribution in [1.29, 1.82) is 0 Å². The third-order valence-electron chi connectivity index (χ3n) is 5.58. The molecule has 3 aromatic rings. The summed E-state index contributed by atoms with van der Waals surface area (Å²) in [6, 6.07) is 21.4. The highest BCUT2D eigenvalue weighted by atomic mass is 35.5. The zero-order valence-electron chi connectivity index (χ0n) is 19.8. The second-order valence-corrected chi connectivity index (χ2v) is 10.2. The lowest BCUT2D eigenvalue weighted by atomic mass is 10.0. The van der Waals surface area contributed by atoms with Crippen molar-refractivity contribution in [2.45, 2.75) is 39.3 Å². The van der Waals surface area contributed by atoms with Crippen LogP contribution >= 0.6 is 34.8 Å². The molecule has 0 aromatic heterocycles. The van der Waals surface area contributed by atoms with Crippen LogP contribution in [0.4, 0.5) is 0 Å². The van der Waals surface area contributed by atoms with Gasteiger partial charge in [0, 0.05) is 34.6 Å². The summed E-state index contributed by atoms with van der Waals surface area (Å²) in [5, 5.41) is 4.54. The number of nitrogens with zero attached hydrogens (tertiary/aromatic N) is 1. The first-order valence-corrected chi connectivity index (χ1v) is 12.7. The van der Waals surface area contributed by atoms with E-state index in [2.05, 4.69) is 5.32 Å². The van der Waals surface area contributed by atoms with Gasteiger partial charge in [-0.15, -0.1) is 0 Å². The Morgan fingerprint density at radius 1 is 0.857 bits per heavy atom. The van der Waals surface area contributed by atoms with Crippen LogP contribution in [0.3, 0.4) is 0 Å². The maximum Gasteiger partial charge on any atom is 0.243 e. The third kappa shape index (κ3) is 8.28. The SMILES string of the molecule is CC(C)CNC(=O)[C@@H](Cc1ccccc1)N(Cc1ccc(Cl)cc1)C(=O)Cc1ccc(Cl)cc1Cl. The number of nitrogens with one attached hydrogen (secondary N) is 1. The van der Waals surface area contributed by atoms with Crippen molar-refractivity contribution in [1.82, 2.24) is 10.2 Å². The van der Waals surface area contributed by atoms with Crippen molar-refractivity contribution >= 4 is 46.6 Å². The van der Waals surface area contributed by atoms with Crippen LogP contribution in [0, 0.1) is 5.92 Å². The number of hydrogen-bond acceptors (Lipinski definition) is 2. The van der Waals surface area contributed by atoms with Gasteiger partial charge in [-0.25, -0.2) is 0 Å². The number of benzene rings is 3. The molecule has 35 heavy (non-hydrogen) atoms. The molecule has 3 rings (SSSR count). The summed E-state index contributed by atoms with van der Waals surface area (Å²) in [6.07, 6.45) is 0.435. The van der Waals surface area contributed by atoms with Gasteiger partial charge in [0.2, 0.25) is 11.8 Å². The van der Waals surface area contributed by atoms with Gasteiger partial charge in [-0.2, -0.15) is 0 Å². The molecular weight excluding hydrogens is 503 g/mol. The Kier molecular flexibility index (Phi) is 10.0.